The molecular formula is C7H11ClN2S. The second-order valence-corrected chi connectivity index (χ2v) is 4.10. The van der Waals surface area contributed by atoms with E-state index in [2.05, 4.69) is 18.8 Å². The van der Waals surface area contributed by atoms with Gasteiger partial charge < -0.3 is 5.73 Å². The van der Waals surface area contributed by atoms with Crippen molar-refractivity contribution in [2.75, 3.05) is 0 Å². The molecule has 4 heteroatoms. The first kappa shape index (κ1) is 8.97. The van der Waals surface area contributed by atoms with Crippen LogP contribution in [0.1, 0.15) is 29.7 Å². The molecule has 0 fully saturated rings. The van der Waals surface area contributed by atoms with Crippen molar-refractivity contribution in [2.45, 2.75) is 26.3 Å². The lowest BCUT2D eigenvalue weighted by Gasteiger charge is -1.94. The molecule has 11 heavy (non-hydrogen) atoms. The third-order valence-electron chi connectivity index (χ3n) is 1.35. The minimum absolute atomic E-state index is 0.442. The van der Waals surface area contributed by atoms with Crippen LogP contribution in [0, 0.1) is 0 Å². The number of nitrogens with two attached hydrogens (primary N) is 1. The van der Waals surface area contributed by atoms with Crippen molar-refractivity contribution in [2.24, 2.45) is 5.73 Å². The van der Waals surface area contributed by atoms with Gasteiger partial charge in [0.1, 0.15) is 5.15 Å². The Labute approximate surface area is 75.4 Å². The standard InChI is InChI=1S/C7H11ClN2S/c1-4(2)7-10-6(8)5(3-9)11-7/h4H,3,9H2,1-2H3. The first-order valence-electron chi connectivity index (χ1n) is 3.50. The van der Waals surface area contributed by atoms with Gasteiger partial charge in [0, 0.05) is 12.5 Å². The van der Waals surface area contributed by atoms with Crippen LogP contribution in [-0.2, 0) is 6.54 Å². The Morgan fingerprint density at radius 2 is 2.27 bits per heavy atom. The topological polar surface area (TPSA) is 38.9 Å². The molecule has 0 saturated carbocycles. The van der Waals surface area contributed by atoms with Gasteiger partial charge in [0.15, 0.2) is 0 Å². The maximum atomic E-state index is 5.81. The molecule has 2 N–H and O–H groups in total. The van der Waals surface area contributed by atoms with E-state index in [0.29, 0.717) is 17.6 Å². The Balaban J connectivity index is 2.95. The lowest BCUT2D eigenvalue weighted by molar-refractivity contribution is 0.852. The number of hydrogen-bond acceptors (Lipinski definition) is 3. The highest BCUT2D eigenvalue weighted by Gasteiger charge is 2.09. The van der Waals surface area contributed by atoms with Crippen molar-refractivity contribution < 1.29 is 0 Å². The number of halogens is 1. The van der Waals surface area contributed by atoms with Crippen molar-refractivity contribution in [3.05, 3.63) is 15.0 Å². The van der Waals surface area contributed by atoms with E-state index in [1.165, 1.54) is 0 Å². The molecule has 0 aromatic carbocycles. The van der Waals surface area contributed by atoms with E-state index in [0.717, 1.165) is 9.88 Å². The van der Waals surface area contributed by atoms with Gasteiger partial charge in [-0.05, 0) is 0 Å². The third-order valence-corrected chi connectivity index (χ3v) is 3.15. The van der Waals surface area contributed by atoms with Gasteiger partial charge in [-0.3, -0.25) is 0 Å². The minimum Gasteiger partial charge on any atom is -0.326 e. The zero-order chi connectivity index (χ0) is 8.43. The molecule has 0 aliphatic rings. The fourth-order valence-corrected chi connectivity index (χ4v) is 1.90. The largest absolute Gasteiger partial charge is 0.326 e. The molecule has 1 aromatic heterocycles. The molecular weight excluding hydrogens is 180 g/mol. The van der Waals surface area contributed by atoms with Crippen LogP contribution in [0.4, 0.5) is 0 Å². The average molecular weight is 191 g/mol. The quantitative estimate of drug-likeness (QED) is 0.778. The summed E-state index contributed by atoms with van der Waals surface area (Å²) in [7, 11) is 0. The van der Waals surface area contributed by atoms with Crippen molar-refractivity contribution in [1.82, 2.24) is 4.98 Å². The van der Waals surface area contributed by atoms with E-state index >= 15 is 0 Å². The van der Waals surface area contributed by atoms with Crippen LogP contribution in [0.25, 0.3) is 0 Å². The fraction of sp³-hybridized carbons (Fsp3) is 0.571. The molecule has 1 heterocycles. The highest BCUT2D eigenvalue weighted by molar-refractivity contribution is 7.12. The van der Waals surface area contributed by atoms with Crippen LogP contribution in [0.2, 0.25) is 5.15 Å². The van der Waals surface area contributed by atoms with Crippen LogP contribution in [0.3, 0.4) is 0 Å². The van der Waals surface area contributed by atoms with Gasteiger partial charge in [-0.1, -0.05) is 25.4 Å². The summed E-state index contributed by atoms with van der Waals surface area (Å²) in [5.41, 5.74) is 5.45. The zero-order valence-corrected chi connectivity index (χ0v) is 8.17. The number of nitrogens with zero attached hydrogens (tertiary/aromatic N) is 1. The van der Waals surface area contributed by atoms with Crippen LogP contribution in [0.15, 0.2) is 0 Å². The monoisotopic (exact) mass is 190 g/mol. The molecule has 1 aromatic rings. The van der Waals surface area contributed by atoms with Crippen molar-refractivity contribution in [1.29, 1.82) is 0 Å². The predicted octanol–water partition coefficient (Wildman–Crippen LogP) is 2.38. The second-order valence-electron chi connectivity index (χ2n) is 2.62. The number of aromatic nitrogens is 1. The van der Waals surface area contributed by atoms with Gasteiger partial charge in [0.2, 0.25) is 0 Å². The molecule has 1 rings (SSSR count). The highest BCUT2D eigenvalue weighted by atomic mass is 35.5. The molecule has 0 bridgehead atoms. The van der Waals surface area contributed by atoms with E-state index in [1.807, 2.05) is 0 Å². The SMILES string of the molecule is CC(C)c1nc(Cl)c(CN)s1. The normalized spacial score (nSPS) is 11.0. The van der Waals surface area contributed by atoms with Crippen molar-refractivity contribution in [3.8, 4) is 0 Å². The summed E-state index contributed by atoms with van der Waals surface area (Å²) in [5, 5.41) is 1.64. The second kappa shape index (κ2) is 3.52. The van der Waals surface area contributed by atoms with Crippen molar-refractivity contribution in [3.63, 3.8) is 0 Å². The molecule has 0 atom stereocenters. The van der Waals surface area contributed by atoms with Crippen LogP contribution in [0.5, 0.6) is 0 Å². The summed E-state index contributed by atoms with van der Waals surface area (Å²) in [6.07, 6.45) is 0. The van der Waals surface area contributed by atoms with E-state index in [-0.39, 0.29) is 0 Å². The van der Waals surface area contributed by atoms with E-state index in [1.54, 1.807) is 11.3 Å². The Hall–Kier alpha value is -0.120. The lowest BCUT2D eigenvalue weighted by Crippen LogP contribution is -1.92. The first-order chi connectivity index (χ1) is 5.15. The molecule has 0 aliphatic heterocycles. The van der Waals surface area contributed by atoms with Crippen LogP contribution >= 0.6 is 22.9 Å². The molecule has 0 saturated heterocycles. The summed E-state index contributed by atoms with van der Waals surface area (Å²) >= 11 is 7.41. The Morgan fingerprint density at radius 1 is 1.64 bits per heavy atom. The van der Waals surface area contributed by atoms with E-state index in [9.17, 15) is 0 Å². The number of rotatable bonds is 2. The number of thiazole rings is 1. The first-order valence-corrected chi connectivity index (χ1v) is 4.69. The Bertz CT molecular complexity index is 245. The van der Waals surface area contributed by atoms with Gasteiger partial charge in [-0.15, -0.1) is 11.3 Å². The summed E-state index contributed by atoms with van der Waals surface area (Å²) in [5.74, 6) is 0.442. The highest BCUT2D eigenvalue weighted by Crippen LogP contribution is 2.27. The van der Waals surface area contributed by atoms with Crippen molar-refractivity contribution >= 4 is 22.9 Å². The van der Waals surface area contributed by atoms with Crippen LogP contribution < -0.4 is 5.73 Å². The molecule has 0 amide bonds. The summed E-state index contributed by atoms with van der Waals surface area (Å²) in [6, 6.07) is 0. The van der Waals surface area contributed by atoms with E-state index < -0.39 is 0 Å². The third kappa shape index (κ3) is 1.92. The smallest absolute Gasteiger partial charge is 0.144 e. The van der Waals surface area contributed by atoms with Gasteiger partial charge >= 0.3 is 0 Å². The van der Waals surface area contributed by atoms with Gasteiger partial charge in [0.05, 0.1) is 9.88 Å². The van der Waals surface area contributed by atoms with Gasteiger partial charge in [0.25, 0.3) is 0 Å². The molecule has 0 aliphatic carbocycles. The molecule has 0 radical (unpaired) electrons. The average Bonchev–Trinajstić information content (AvgIpc) is 2.31. The lowest BCUT2D eigenvalue weighted by atomic mass is 10.2. The Morgan fingerprint density at radius 3 is 2.55 bits per heavy atom. The Kier molecular flexibility index (Phi) is 2.87. The summed E-state index contributed by atoms with van der Waals surface area (Å²) in [4.78, 5) is 5.17. The molecule has 0 spiro atoms. The number of hydrogen-bond donors (Lipinski definition) is 1. The maximum Gasteiger partial charge on any atom is 0.144 e. The van der Waals surface area contributed by atoms with Gasteiger partial charge in [-0.25, -0.2) is 4.98 Å². The maximum absolute atomic E-state index is 5.81. The molecule has 62 valence electrons. The molecule has 0 unspecified atom stereocenters. The fourth-order valence-electron chi connectivity index (χ4n) is 0.723. The minimum atomic E-state index is 0.442. The zero-order valence-electron chi connectivity index (χ0n) is 6.60. The summed E-state index contributed by atoms with van der Waals surface area (Å²) in [6.45, 7) is 4.67. The van der Waals surface area contributed by atoms with E-state index in [4.69, 9.17) is 17.3 Å². The van der Waals surface area contributed by atoms with Gasteiger partial charge in [-0.2, -0.15) is 0 Å². The molecule has 2 nitrogen and oxygen atoms in total. The predicted molar refractivity (Wildman–Crippen MR) is 49.1 cm³/mol. The van der Waals surface area contributed by atoms with Crippen LogP contribution in [-0.4, -0.2) is 4.98 Å². The summed E-state index contributed by atoms with van der Waals surface area (Å²) < 4.78 is 0.